The van der Waals surface area contributed by atoms with Gasteiger partial charge >= 0.3 is 0 Å². The van der Waals surface area contributed by atoms with E-state index in [9.17, 15) is 4.79 Å². The van der Waals surface area contributed by atoms with Gasteiger partial charge in [-0.3, -0.25) is 4.79 Å². The number of aromatic nitrogens is 1. The number of nitrogens with two attached hydrogens (primary N) is 1. The summed E-state index contributed by atoms with van der Waals surface area (Å²) in [5.74, 6) is 0.922. The summed E-state index contributed by atoms with van der Waals surface area (Å²) in [6.45, 7) is 8.35. The van der Waals surface area contributed by atoms with Crippen LogP contribution in [-0.2, 0) is 0 Å². The minimum absolute atomic E-state index is 0.0678. The van der Waals surface area contributed by atoms with Crippen LogP contribution in [0.1, 0.15) is 56.8 Å². The molecule has 1 aliphatic carbocycles. The van der Waals surface area contributed by atoms with Crippen LogP contribution in [0.2, 0.25) is 0 Å². The molecule has 0 saturated heterocycles. The van der Waals surface area contributed by atoms with Crippen LogP contribution in [0.25, 0.3) is 0 Å². The van der Waals surface area contributed by atoms with Crippen LogP contribution in [0.5, 0.6) is 0 Å². The SMILES string of the molecule is CCC(CC)CN(CC)c1snc(N)c1C(=O)NC1CC1. The Kier molecular flexibility index (Phi) is 5.45. The van der Waals surface area contributed by atoms with Crippen LogP contribution >= 0.6 is 11.5 Å². The molecule has 118 valence electrons. The van der Waals surface area contributed by atoms with Crippen molar-refractivity contribution in [3.63, 3.8) is 0 Å². The zero-order chi connectivity index (χ0) is 15.4. The van der Waals surface area contributed by atoms with Crippen LogP contribution in [0, 0.1) is 5.92 Å². The molecule has 6 heteroatoms. The lowest BCUT2D eigenvalue weighted by atomic mass is 10.0. The van der Waals surface area contributed by atoms with Crippen molar-refractivity contribution in [3.05, 3.63) is 5.56 Å². The molecule has 0 bridgehead atoms. The highest BCUT2D eigenvalue weighted by Crippen LogP contribution is 2.32. The molecule has 1 aromatic rings. The van der Waals surface area contributed by atoms with Crippen molar-refractivity contribution in [1.82, 2.24) is 9.69 Å². The number of rotatable bonds is 8. The lowest BCUT2D eigenvalue weighted by molar-refractivity contribution is 0.0952. The minimum Gasteiger partial charge on any atom is -0.382 e. The van der Waals surface area contributed by atoms with Gasteiger partial charge < -0.3 is 16.0 Å². The molecule has 1 heterocycles. The Balaban J connectivity index is 2.18. The fourth-order valence-corrected chi connectivity index (χ4v) is 3.31. The highest BCUT2D eigenvalue weighted by Gasteiger charge is 2.29. The first-order valence-corrected chi connectivity index (χ1v) is 8.68. The molecule has 1 saturated carbocycles. The topological polar surface area (TPSA) is 71.2 Å². The number of nitrogen functional groups attached to an aromatic ring is 1. The summed E-state index contributed by atoms with van der Waals surface area (Å²) in [6, 6.07) is 0.332. The van der Waals surface area contributed by atoms with Crippen molar-refractivity contribution in [2.75, 3.05) is 23.7 Å². The summed E-state index contributed by atoms with van der Waals surface area (Å²) in [5.41, 5.74) is 6.51. The monoisotopic (exact) mass is 310 g/mol. The second-order valence-corrected chi connectivity index (χ2v) is 6.47. The number of hydrogen-bond donors (Lipinski definition) is 2. The summed E-state index contributed by atoms with van der Waals surface area (Å²) in [7, 11) is 0. The Morgan fingerprint density at radius 3 is 2.62 bits per heavy atom. The maximum Gasteiger partial charge on any atom is 0.258 e. The van der Waals surface area contributed by atoms with Crippen molar-refractivity contribution >= 4 is 28.3 Å². The van der Waals surface area contributed by atoms with E-state index in [1.165, 1.54) is 11.5 Å². The maximum atomic E-state index is 12.4. The van der Waals surface area contributed by atoms with Crippen molar-refractivity contribution < 1.29 is 4.79 Å². The first-order chi connectivity index (χ1) is 10.1. The molecule has 0 spiro atoms. The first kappa shape index (κ1) is 16.1. The molecule has 0 aromatic carbocycles. The Hall–Kier alpha value is -1.30. The Labute approximate surface area is 131 Å². The smallest absolute Gasteiger partial charge is 0.258 e. The summed E-state index contributed by atoms with van der Waals surface area (Å²) >= 11 is 1.34. The Bertz CT molecular complexity index is 480. The van der Waals surface area contributed by atoms with Gasteiger partial charge in [0.05, 0.1) is 0 Å². The highest BCUT2D eigenvalue weighted by molar-refractivity contribution is 7.11. The molecule has 1 aromatic heterocycles. The van der Waals surface area contributed by atoms with Crippen molar-refractivity contribution in [2.24, 2.45) is 5.92 Å². The summed E-state index contributed by atoms with van der Waals surface area (Å²) in [6.07, 6.45) is 4.43. The third kappa shape index (κ3) is 3.87. The van der Waals surface area contributed by atoms with E-state index in [4.69, 9.17) is 5.73 Å². The zero-order valence-corrected chi connectivity index (χ0v) is 14.0. The van der Waals surface area contributed by atoms with Gasteiger partial charge in [-0.2, -0.15) is 4.37 Å². The van der Waals surface area contributed by atoms with E-state index in [0.29, 0.717) is 23.3 Å². The van der Waals surface area contributed by atoms with Gasteiger partial charge in [-0.05, 0) is 37.2 Å². The number of anilines is 2. The number of nitrogens with zero attached hydrogens (tertiary/aromatic N) is 2. The van der Waals surface area contributed by atoms with E-state index in [2.05, 4.69) is 35.4 Å². The van der Waals surface area contributed by atoms with Gasteiger partial charge in [-0.15, -0.1) is 0 Å². The fourth-order valence-electron chi connectivity index (χ4n) is 2.42. The van der Waals surface area contributed by atoms with Crippen molar-refractivity contribution in [1.29, 1.82) is 0 Å². The Morgan fingerprint density at radius 1 is 1.43 bits per heavy atom. The molecule has 2 rings (SSSR count). The predicted molar refractivity (Wildman–Crippen MR) is 89.0 cm³/mol. The third-order valence-corrected chi connectivity index (χ3v) is 5.07. The normalized spacial score (nSPS) is 14.5. The van der Waals surface area contributed by atoms with Gasteiger partial charge in [0.15, 0.2) is 5.82 Å². The highest BCUT2D eigenvalue weighted by atomic mass is 32.1. The number of nitrogens with one attached hydrogen (secondary N) is 1. The maximum absolute atomic E-state index is 12.4. The second kappa shape index (κ2) is 7.11. The van der Waals surface area contributed by atoms with Crippen molar-refractivity contribution in [3.8, 4) is 0 Å². The van der Waals surface area contributed by atoms with Crippen LogP contribution in [0.4, 0.5) is 10.8 Å². The first-order valence-electron chi connectivity index (χ1n) is 7.91. The largest absolute Gasteiger partial charge is 0.382 e. The molecular formula is C15H26N4OS. The Morgan fingerprint density at radius 2 is 2.10 bits per heavy atom. The number of amides is 1. The van der Waals surface area contributed by atoms with Crippen LogP contribution < -0.4 is 16.0 Å². The fraction of sp³-hybridized carbons (Fsp3) is 0.733. The lowest BCUT2D eigenvalue weighted by Gasteiger charge is -2.26. The van der Waals surface area contributed by atoms with E-state index < -0.39 is 0 Å². The van der Waals surface area contributed by atoms with Gasteiger partial charge in [0.1, 0.15) is 10.6 Å². The van der Waals surface area contributed by atoms with Crippen molar-refractivity contribution in [2.45, 2.75) is 52.5 Å². The summed E-state index contributed by atoms with van der Waals surface area (Å²) < 4.78 is 4.21. The molecule has 1 fully saturated rings. The number of carbonyl (C=O) groups is 1. The average molecular weight is 310 g/mol. The van der Waals surface area contributed by atoms with Crippen LogP contribution in [0.3, 0.4) is 0 Å². The molecule has 5 nitrogen and oxygen atoms in total. The van der Waals surface area contributed by atoms with Gasteiger partial charge in [-0.1, -0.05) is 26.7 Å². The van der Waals surface area contributed by atoms with E-state index in [-0.39, 0.29) is 5.91 Å². The van der Waals surface area contributed by atoms with E-state index in [1.807, 2.05) is 0 Å². The standard InChI is InChI=1S/C15H26N4OS/c1-4-10(5-2)9-19(6-3)15-12(13(16)18-21-15)14(20)17-11-7-8-11/h10-11H,4-9H2,1-3H3,(H2,16,18)(H,17,20). The van der Waals surface area contributed by atoms with Gasteiger partial charge in [0.25, 0.3) is 5.91 Å². The number of carbonyl (C=O) groups excluding carboxylic acids is 1. The molecule has 0 radical (unpaired) electrons. The minimum atomic E-state index is -0.0678. The van der Waals surface area contributed by atoms with Crippen LogP contribution in [0.15, 0.2) is 0 Å². The van der Waals surface area contributed by atoms with E-state index in [0.717, 1.165) is 43.8 Å². The summed E-state index contributed by atoms with van der Waals surface area (Å²) in [5, 5.41) is 3.94. The molecule has 0 atom stereocenters. The average Bonchev–Trinajstić information content (AvgIpc) is 3.21. The quantitative estimate of drug-likeness (QED) is 0.774. The van der Waals surface area contributed by atoms with E-state index in [1.54, 1.807) is 0 Å². The predicted octanol–water partition coefficient (Wildman–Crippen LogP) is 2.88. The molecule has 21 heavy (non-hydrogen) atoms. The van der Waals surface area contributed by atoms with Gasteiger partial charge in [0.2, 0.25) is 0 Å². The van der Waals surface area contributed by atoms with Gasteiger partial charge in [-0.25, -0.2) is 0 Å². The van der Waals surface area contributed by atoms with Crippen LogP contribution in [-0.4, -0.2) is 29.4 Å². The lowest BCUT2D eigenvalue weighted by Crippen LogP contribution is -2.32. The molecular weight excluding hydrogens is 284 g/mol. The molecule has 3 N–H and O–H groups in total. The molecule has 0 unspecified atom stereocenters. The molecule has 0 aliphatic heterocycles. The van der Waals surface area contributed by atoms with Gasteiger partial charge in [0, 0.05) is 19.1 Å². The number of hydrogen-bond acceptors (Lipinski definition) is 5. The molecule has 1 aliphatic rings. The zero-order valence-electron chi connectivity index (χ0n) is 13.2. The second-order valence-electron chi connectivity index (χ2n) is 5.72. The third-order valence-electron chi connectivity index (χ3n) is 4.14. The van der Waals surface area contributed by atoms with E-state index >= 15 is 0 Å². The summed E-state index contributed by atoms with van der Waals surface area (Å²) in [4.78, 5) is 14.6. The molecule has 1 amide bonds.